The van der Waals surface area contributed by atoms with E-state index in [4.69, 9.17) is 17.3 Å². The molecule has 0 amide bonds. The largest absolute Gasteiger partial charge is 0.326 e. The zero-order chi connectivity index (χ0) is 14.5. The molecule has 106 valence electrons. The van der Waals surface area contributed by atoms with E-state index in [1.807, 2.05) is 37.4 Å². The summed E-state index contributed by atoms with van der Waals surface area (Å²) in [5.74, 6) is -0.198. The minimum atomic E-state index is -0.198. The molecule has 20 heavy (non-hydrogen) atoms. The van der Waals surface area contributed by atoms with E-state index in [1.54, 1.807) is 6.07 Å². The lowest BCUT2D eigenvalue weighted by molar-refractivity contribution is 0.313. The van der Waals surface area contributed by atoms with Gasteiger partial charge >= 0.3 is 0 Å². The monoisotopic (exact) mass is 292 g/mol. The number of hydrogen-bond acceptors (Lipinski definition) is 2. The number of benzene rings is 2. The summed E-state index contributed by atoms with van der Waals surface area (Å²) in [7, 11) is 1.96. The van der Waals surface area contributed by atoms with Crippen molar-refractivity contribution in [1.29, 1.82) is 0 Å². The molecule has 0 bridgehead atoms. The maximum atomic E-state index is 13.9. The Labute approximate surface area is 124 Å². The Morgan fingerprint density at radius 1 is 1.05 bits per heavy atom. The molecule has 0 radical (unpaired) electrons. The lowest BCUT2D eigenvalue weighted by atomic mass is 10.1. The number of nitrogens with zero attached hydrogens (tertiary/aromatic N) is 1. The van der Waals surface area contributed by atoms with Crippen molar-refractivity contribution in [2.24, 2.45) is 5.73 Å². The molecule has 2 aromatic rings. The van der Waals surface area contributed by atoms with E-state index in [-0.39, 0.29) is 5.82 Å². The number of rotatable bonds is 5. The van der Waals surface area contributed by atoms with Crippen LogP contribution in [0.5, 0.6) is 0 Å². The van der Waals surface area contributed by atoms with Crippen molar-refractivity contribution in [2.45, 2.75) is 19.6 Å². The second-order valence-electron chi connectivity index (χ2n) is 4.93. The summed E-state index contributed by atoms with van der Waals surface area (Å²) in [4.78, 5) is 2.06. The van der Waals surface area contributed by atoms with Gasteiger partial charge < -0.3 is 5.73 Å². The Hall–Kier alpha value is -1.42. The van der Waals surface area contributed by atoms with Gasteiger partial charge in [0.25, 0.3) is 0 Å². The highest BCUT2D eigenvalue weighted by molar-refractivity contribution is 6.30. The van der Waals surface area contributed by atoms with Crippen LogP contribution in [-0.2, 0) is 19.6 Å². The maximum absolute atomic E-state index is 13.9. The van der Waals surface area contributed by atoms with Crippen LogP contribution in [0.2, 0.25) is 5.02 Å². The first-order valence-electron chi connectivity index (χ1n) is 6.49. The molecule has 2 nitrogen and oxygen atoms in total. The summed E-state index contributed by atoms with van der Waals surface area (Å²) < 4.78 is 13.9. The van der Waals surface area contributed by atoms with E-state index in [0.717, 1.165) is 22.7 Å². The Kier molecular flexibility index (Phi) is 5.12. The first kappa shape index (κ1) is 15.0. The smallest absolute Gasteiger partial charge is 0.128 e. The molecule has 0 fully saturated rings. The summed E-state index contributed by atoms with van der Waals surface area (Å²) in [6, 6.07) is 12.9. The van der Waals surface area contributed by atoms with Crippen molar-refractivity contribution < 1.29 is 4.39 Å². The van der Waals surface area contributed by atoms with Crippen molar-refractivity contribution in [1.82, 2.24) is 4.90 Å². The lowest BCUT2D eigenvalue weighted by Gasteiger charge is -2.17. The first-order valence-corrected chi connectivity index (χ1v) is 6.86. The molecule has 0 unspecified atom stereocenters. The van der Waals surface area contributed by atoms with Gasteiger partial charge in [-0.05, 0) is 36.4 Å². The van der Waals surface area contributed by atoms with Crippen LogP contribution >= 0.6 is 11.6 Å². The summed E-state index contributed by atoms with van der Waals surface area (Å²) in [6.45, 7) is 1.66. The highest BCUT2D eigenvalue weighted by Gasteiger charge is 2.07. The molecule has 2 N–H and O–H groups in total. The van der Waals surface area contributed by atoms with Crippen LogP contribution in [0, 0.1) is 5.82 Å². The SMILES string of the molecule is CN(Cc1ccc(Cl)cc1)Cc1ccc(CN)cc1F. The van der Waals surface area contributed by atoms with Crippen LogP contribution in [0.1, 0.15) is 16.7 Å². The molecule has 4 heteroatoms. The molecule has 0 spiro atoms. The third kappa shape index (κ3) is 4.04. The number of hydrogen-bond donors (Lipinski definition) is 1. The second kappa shape index (κ2) is 6.84. The van der Waals surface area contributed by atoms with E-state index >= 15 is 0 Å². The van der Waals surface area contributed by atoms with Gasteiger partial charge in [-0.1, -0.05) is 35.9 Å². The normalized spacial score (nSPS) is 11.1. The third-order valence-electron chi connectivity index (χ3n) is 3.16. The molecule has 0 heterocycles. The Balaban J connectivity index is 2.00. The van der Waals surface area contributed by atoms with Crippen LogP contribution in [0.15, 0.2) is 42.5 Å². The van der Waals surface area contributed by atoms with E-state index in [0.29, 0.717) is 18.7 Å². The van der Waals surface area contributed by atoms with Gasteiger partial charge in [0.15, 0.2) is 0 Å². The van der Waals surface area contributed by atoms with Gasteiger partial charge in [0.1, 0.15) is 5.82 Å². The van der Waals surface area contributed by atoms with Gasteiger partial charge in [0.2, 0.25) is 0 Å². The van der Waals surface area contributed by atoms with Crippen LogP contribution in [0.25, 0.3) is 0 Å². The Bertz CT molecular complexity index is 569. The quantitative estimate of drug-likeness (QED) is 0.913. The number of nitrogens with two attached hydrogens (primary N) is 1. The highest BCUT2D eigenvalue weighted by atomic mass is 35.5. The third-order valence-corrected chi connectivity index (χ3v) is 3.41. The van der Waals surface area contributed by atoms with E-state index in [2.05, 4.69) is 4.90 Å². The van der Waals surface area contributed by atoms with Crippen LogP contribution < -0.4 is 5.73 Å². The molecule has 0 aliphatic heterocycles. The van der Waals surface area contributed by atoms with Crippen molar-refractivity contribution in [2.75, 3.05) is 7.05 Å². The zero-order valence-electron chi connectivity index (χ0n) is 11.4. The molecule has 0 saturated carbocycles. The van der Waals surface area contributed by atoms with Crippen LogP contribution in [0.3, 0.4) is 0 Å². The van der Waals surface area contributed by atoms with E-state index in [1.165, 1.54) is 6.07 Å². The lowest BCUT2D eigenvalue weighted by Crippen LogP contribution is -2.18. The predicted molar refractivity (Wildman–Crippen MR) is 80.9 cm³/mol. The average molecular weight is 293 g/mol. The molecule has 0 saturated heterocycles. The van der Waals surface area contributed by atoms with Crippen molar-refractivity contribution in [3.8, 4) is 0 Å². The second-order valence-corrected chi connectivity index (χ2v) is 5.37. The summed E-state index contributed by atoms with van der Waals surface area (Å²) in [5.41, 5.74) is 8.14. The summed E-state index contributed by atoms with van der Waals surface area (Å²) in [5, 5.41) is 0.722. The molecule has 2 aromatic carbocycles. The topological polar surface area (TPSA) is 29.3 Å². The van der Waals surface area contributed by atoms with Gasteiger partial charge in [-0.2, -0.15) is 0 Å². The van der Waals surface area contributed by atoms with Gasteiger partial charge in [0, 0.05) is 30.2 Å². The fourth-order valence-electron chi connectivity index (χ4n) is 2.09. The van der Waals surface area contributed by atoms with Gasteiger partial charge in [-0.15, -0.1) is 0 Å². The van der Waals surface area contributed by atoms with Gasteiger partial charge in [-0.25, -0.2) is 4.39 Å². The fourth-order valence-corrected chi connectivity index (χ4v) is 2.22. The molecule has 0 aliphatic carbocycles. The van der Waals surface area contributed by atoms with Crippen LogP contribution in [-0.4, -0.2) is 11.9 Å². The Morgan fingerprint density at radius 3 is 2.30 bits per heavy atom. The molecule has 2 rings (SSSR count). The molecular formula is C16H18ClFN2. The average Bonchev–Trinajstić information content (AvgIpc) is 2.43. The first-order chi connectivity index (χ1) is 9.58. The van der Waals surface area contributed by atoms with Crippen molar-refractivity contribution in [3.05, 3.63) is 70.0 Å². The standard InChI is InChI=1S/C16H18ClFN2/c1-20(10-12-3-6-15(17)7-4-12)11-14-5-2-13(9-19)8-16(14)18/h2-8H,9-11,19H2,1H3. The Morgan fingerprint density at radius 2 is 1.70 bits per heavy atom. The molecule has 0 atom stereocenters. The van der Waals surface area contributed by atoms with Crippen molar-refractivity contribution >= 4 is 11.6 Å². The molecule has 0 aliphatic rings. The van der Waals surface area contributed by atoms with Crippen molar-refractivity contribution in [3.63, 3.8) is 0 Å². The minimum Gasteiger partial charge on any atom is -0.326 e. The summed E-state index contributed by atoms with van der Waals surface area (Å²) in [6.07, 6.45) is 0. The molecule has 0 aromatic heterocycles. The molecular weight excluding hydrogens is 275 g/mol. The van der Waals surface area contributed by atoms with E-state index in [9.17, 15) is 4.39 Å². The minimum absolute atomic E-state index is 0.198. The van der Waals surface area contributed by atoms with E-state index < -0.39 is 0 Å². The van der Waals surface area contributed by atoms with Crippen LogP contribution in [0.4, 0.5) is 4.39 Å². The van der Waals surface area contributed by atoms with Gasteiger partial charge in [-0.3, -0.25) is 4.90 Å². The fraction of sp³-hybridized carbons (Fsp3) is 0.250. The van der Waals surface area contributed by atoms with Gasteiger partial charge in [0.05, 0.1) is 0 Å². The highest BCUT2D eigenvalue weighted by Crippen LogP contribution is 2.15. The zero-order valence-corrected chi connectivity index (χ0v) is 12.2. The predicted octanol–water partition coefficient (Wildman–Crippen LogP) is 3.57. The summed E-state index contributed by atoms with van der Waals surface area (Å²) >= 11 is 5.85. The number of halogens is 2. The maximum Gasteiger partial charge on any atom is 0.128 e.